The molecule has 0 aromatic heterocycles. The molecule has 0 aliphatic carbocycles. The third-order valence-corrected chi connectivity index (χ3v) is 12.7. The van der Waals surface area contributed by atoms with E-state index < -0.39 is 12.2 Å². The van der Waals surface area contributed by atoms with Gasteiger partial charge in [-0.2, -0.15) is 0 Å². The molecule has 2 saturated heterocycles. The molecule has 2 rings (SSSR count). The summed E-state index contributed by atoms with van der Waals surface area (Å²) in [6, 6.07) is 0.595. The highest BCUT2D eigenvalue weighted by Gasteiger charge is 2.32. The van der Waals surface area contributed by atoms with E-state index in [1.54, 1.807) is 0 Å². The second-order valence-electron chi connectivity index (χ2n) is 18.3. The van der Waals surface area contributed by atoms with E-state index in [1.165, 1.54) is 38.5 Å². The minimum atomic E-state index is -0.484. The fourth-order valence-corrected chi connectivity index (χ4v) is 8.39. The number of nitrogens with zero attached hydrogens (tertiary/aromatic N) is 2. The third-order valence-electron chi connectivity index (χ3n) is 12.7. The topological polar surface area (TPSA) is 104 Å². The molecule has 10 heteroatoms. The van der Waals surface area contributed by atoms with Crippen LogP contribution in [0.3, 0.4) is 0 Å². The van der Waals surface area contributed by atoms with Crippen LogP contribution in [0.15, 0.2) is 48.6 Å². The average molecular weight is 913 g/mol. The Bertz CT molecular complexity index is 1260. The van der Waals surface area contributed by atoms with Gasteiger partial charge in [0.1, 0.15) is 19.8 Å². The molecule has 0 amide bonds. The predicted molar refractivity (Wildman–Crippen MR) is 267 cm³/mol. The first-order valence-corrected chi connectivity index (χ1v) is 26.7. The van der Waals surface area contributed by atoms with E-state index in [4.69, 9.17) is 23.7 Å². The van der Waals surface area contributed by atoms with Crippen molar-refractivity contribution in [3.63, 3.8) is 0 Å². The normalized spacial score (nSPS) is 16.5. The van der Waals surface area contributed by atoms with Crippen LogP contribution in [-0.4, -0.2) is 106 Å². The molecule has 2 aliphatic rings. The number of esters is 3. The number of unbranched alkanes of at least 4 members (excludes halogenated alkanes) is 12. The molecular formula is C55H96N2O8. The Balaban J connectivity index is 1.82. The molecule has 0 saturated carbocycles. The van der Waals surface area contributed by atoms with Gasteiger partial charge in [0, 0.05) is 32.1 Å². The van der Waals surface area contributed by atoms with Crippen molar-refractivity contribution in [2.24, 2.45) is 11.8 Å². The standard InChI is InChI=1S/C55H96N2O8/c1-5-9-12-15-18-19-20-21-22-23-24-25-26-27-30-33-52(58)63-46-49(48-65-55(60)50-36-42-57(43-37-50)51-38-40-56(8-4)41-39-51)47-64-53(59)34-35-54(61-44-31-28-16-13-10-6-2)62-45-32-29-17-14-11-7-3/h10-11,13-14,18-19,21-22,49-51,54H,5-9,12,15-17,20,23-48H2,1-4H3/b13-10-,14-11-,19-18-,22-21-. The molecule has 2 aliphatic heterocycles. The lowest BCUT2D eigenvalue weighted by Gasteiger charge is -2.41. The zero-order chi connectivity index (χ0) is 46.8. The fourth-order valence-electron chi connectivity index (χ4n) is 8.39. The highest BCUT2D eigenvalue weighted by Crippen LogP contribution is 2.25. The lowest BCUT2D eigenvalue weighted by atomic mass is 9.93. The zero-order valence-corrected chi connectivity index (χ0v) is 42.0. The third kappa shape index (κ3) is 31.8. The molecule has 0 aromatic rings. The maximum absolute atomic E-state index is 13.3. The van der Waals surface area contributed by atoms with E-state index in [-0.39, 0.29) is 50.1 Å². The summed E-state index contributed by atoms with van der Waals surface area (Å²) in [4.78, 5) is 44.4. The smallest absolute Gasteiger partial charge is 0.309 e. The summed E-state index contributed by atoms with van der Waals surface area (Å²) in [5.74, 6) is -1.45. The van der Waals surface area contributed by atoms with Gasteiger partial charge < -0.3 is 33.5 Å². The van der Waals surface area contributed by atoms with E-state index in [0.29, 0.717) is 32.1 Å². The number of carbonyl (C=O) groups excluding carboxylic acids is 3. The molecule has 0 radical (unpaired) electrons. The Morgan fingerprint density at radius 1 is 0.538 bits per heavy atom. The summed E-state index contributed by atoms with van der Waals surface area (Å²) in [5.41, 5.74) is 0. The Kier molecular flexibility index (Phi) is 37.2. The van der Waals surface area contributed by atoms with Crippen molar-refractivity contribution in [1.82, 2.24) is 9.80 Å². The molecule has 0 bridgehead atoms. The number of carbonyl (C=O) groups is 3. The van der Waals surface area contributed by atoms with Crippen molar-refractivity contribution in [3.05, 3.63) is 48.6 Å². The van der Waals surface area contributed by atoms with E-state index in [1.807, 2.05) is 0 Å². The van der Waals surface area contributed by atoms with Gasteiger partial charge in [-0.15, -0.1) is 0 Å². The molecule has 374 valence electrons. The second-order valence-corrected chi connectivity index (χ2v) is 18.3. The maximum atomic E-state index is 13.3. The molecule has 2 heterocycles. The van der Waals surface area contributed by atoms with E-state index in [0.717, 1.165) is 142 Å². The number of rotatable bonds is 40. The van der Waals surface area contributed by atoms with Crippen LogP contribution in [0.1, 0.15) is 195 Å². The van der Waals surface area contributed by atoms with Crippen molar-refractivity contribution in [1.29, 1.82) is 0 Å². The highest BCUT2D eigenvalue weighted by atomic mass is 16.7. The van der Waals surface area contributed by atoms with Crippen LogP contribution < -0.4 is 0 Å². The van der Waals surface area contributed by atoms with Crippen LogP contribution in [-0.2, 0) is 38.1 Å². The first-order valence-electron chi connectivity index (χ1n) is 26.7. The zero-order valence-electron chi connectivity index (χ0n) is 42.0. The molecule has 2 fully saturated rings. The van der Waals surface area contributed by atoms with Gasteiger partial charge in [0.2, 0.25) is 0 Å². The van der Waals surface area contributed by atoms with Gasteiger partial charge in [0.25, 0.3) is 0 Å². The number of piperidine rings is 2. The Morgan fingerprint density at radius 2 is 1.05 bits per heavy atom. The minimum absolute atomic E-state index is 0.000917. The molecule has 0 N–H and O–H groups in total. The van der Waals surface area contributed by atoms with Crippen LogP contribution in [0, 0.1) is 11.8 Å². The fraction of sp³-hybridized carbons (Fsp3) is 0.800. The van der Waals surface area contributed by atoms with Gasteiger partial charge in [-0.25, -0.2) is 0 Å². The van der Waals surface area contributed by atoms with Crippen LogP contribution >= 0.6 is 0 Å². The molecular weight excluding hydrogens is 817 g/mol. The van der Waals surface area contributed by atoms with Crippen molar-refractivity contribution in [2.45, 2.75) is 207 Å². The lowest BCUT2D eigenvalue weighted by Crippen LogP contribution is -2.48. The van der Waals surface area contributed by atoms with Gasteiger partial charge >= 0.3 is 17.9 Å². The SMILES string of the molecule is CC/C=C\CCCCOC(CCC(=O)OCC(COC(=O)CCCCCCC/C=C\C/C=C\CCCCC)COC(=O)C1CCN(C2CCN(CC)CC2)CC1)OCCCC/C=C\CC. The average Bonchev–Trinajstić information content (AvgIpc) is 3.33. The first-order chi connectivity index (χ1) is 31.9. The molecule has 1 unspecified atom stereocenters. The number of likely N-dealkylation sites (tertiary alicyclic amines) is 2. The number of allylic oxidation sites excluding steroid dienone is 8. The maximum Gasteiger partial charge on any atom is 0.309 e. The summed E-state index contributed by atoms with van der Waals surface area (Å²) in [6.45, 7) is 15.2. The van der Waals surface area contributed by atoms with Gasteiger partial charge in [-0.1, -0.05) is 108 Å². The highest BCUT2D eigenvalue weighted by molar-refractivity contribution is 5.72. The van der Waals surface area contributed by atoms with E-state index >= 15 is 0 Å². The second kappa shape index (κ2) is 41.4. The van der Waals surface area contributed by atoms with Crippen molar-refractivity contribution in [3.8, 4) is 0 Å². The molecule has 0 aromatic carbocycles. The van der Waals surface area contributed by atoms with Crippen LogP contribution in [0.4, 0.5) is 0 Å². The Hall–Kier alpha value is -2.79. The van der Waals surface area contributed by atoms with Crippen molar-refractivity contribution < 1.29 is 38.1 Å². The van der Waals surface area contributed by atoms with Gasteiger partial charge in [-0.3, -0.25) is 14.4 Å². The first kappa shape index (κ1) is 58.3. The van der Waals surface area contributed by atoms with Gasteiger partial charge in [0.05, 0.1) is 18.3 Å². The molecule has 65 heavy (non-hydrogen) atoms. The quantitative estimate of drug-likeness (QED) is 0.0194. The van der Waals surface area contributed by atoms with Gasteiger partial charge in [-0.05, 0) is 148 Å². The minimum Gasteiger partial charge on any atom is -0.465 e. The monoisotopic (exact) mass is 913 g/mol. The van der Waals surface area contributed by atoms with E-state index in [2.05, 4.69) is 86.1 Å². The number of ether oxygens (including phenoxy) is 5. The summed E-state index contributed by atoms with van der Waals surface area (Å²) >= 11 is 0. The number of hydrogen-bond donors (Lipinski definition) is 0. The van der Waals surface area contributed by atoms with Crippen LogP contribution in [0.25, 0.3) is 0 Å². The van der Waals surface area contributed by atoms with Crippen molar-refractivity contribution >= 4 is 17.9 Å². The lowest BCUT2D eigenvalue weighted by molar-refractivity contribution is -0.162. The molecule has 1 atom stereocenters. The summed E-state index contributed by atoms with van der Waals surface area (Å²) in [7, 11) is 0. The Labute approximate surface area is 397 Å². The van der Waals surface area contributed by atoms with Crippen molar-refractivity contribution in [2.75, 3.05) is 65.8 Å². The largest absolute Gasteiger partial charge is 0.465 e. The van der Waals surface area contributed by atoms with Crippen LogP contribution in [0.2, 0.25) is 0 Å². The van der Waals surface area contributed by atoms with E-state index in [9.17, 15) is 14.4 Å². The Morgan fingerprint density at radius 3 is 1.62 bits per heavy atom. The number of hydrogen-bond acceptors (Lipinski definition) is 10. The molecule has 0 spiro atoms. The van der Waals surface area contributed by atoms with Crippen LogP contribution in [0.5, 0.6) is 0 Å². The summed E-state index contributed by atoms with van der Waals surface area (Å²) < 4.78 is 29.5. The summed E-state index contributed by atoms with van der Waals surface area (Å²) in [6.07, 6.45) is 42.6. The summed E-state index contributed by atoms with van der Waals surface area (Å²) in [5, 5.41) is 0. The predicted octanol–water partition coefficient (Wildman–Crippen LogP) is 12.7. The molecule has 10 nitrogen and oxygen atoms in total. The van der Waals surface area contributed by atoms with Gasteiger partial charge in [0.15, 0.2) is 6.29 Å².